The highest BCUT2D eigenvalue weighted by Gasteiger charge is 2.49. The fraction of sp³-hybridized carbons (Fsp3) is 0.550. The maximum Gasteiger partial charge on any atom is 0.315 e. The van der Waals surface area contributed by atoms with Crippen LogP contribution >= 0.6 is 0 Å². The number of piperidine rings is 1. The molecule has 1 saturated heterocycles. The minimum atomic E-state index is -0.784. The standard InChI is InChI=1S/C20H26N4O3/c1-21-18(25)19-22-17(23-27-19)13-24-12-11-20(26,14-7-3-2-4-8-14)15-9-5-6-10-16(15)24/h2-4,7-8,15-16,26H,5-6,9-13H2,1H3,(H,21,25)/t15-,16-,20+/m0/s1. The lowest BCUT2D eigenvalue weighted by Crippen LogP contribution is -2.57. The van der Waals surface area contributed by atoms with Gasteiger partial charge in [-0.25, -0.2) is 0 Å². The lowest BCUT2D eigenvalue weighted by Gasteiger charge is -2.52. The lowest BCUT2D eigenvalue weighted by atomic mass is 9.66. The topological polar surface area (TPSA) is 91.5 Å². The number of rotatable bonds is 4. The summed E-state index contributed by atoms with van der Waals surface area (Å²) < 4.78 is 5.06. The van der Waals surface area contributed by atoms with E-state index in [-0.39, 0.29) is 23.8 Å². The summed E-state index contributed by atoms with van der Waals surface area (Å²) in [5.41, 5.74) is 0.232. The molecule has 1 aromatic carbocycles. The summed E-state index contributed by atoms with van der Waals surface area (Å²) in [5, 5.41) is 18.1. The molecule has 1 aromatic heterocycles. The highest BCUT2D eigenvalue weighted by molar-refractivity contribution is 5.89. The molecule has 4 rings (SSSR count). The van der Waals surface area contributed by atoms with Gasteiger partial charge in [-0.2, -0.15) is 4.98 Å². The molecule has 2 fully saturated rings. The molecule has 2 N–H and O–H groups in total. The Bertz CT molecular complexity index is 794. The van der Waals surface area contributed by atoms with E-state index in [9.17, 15) is 9.90 Å². The highest BCUT2D eigenvalue weighted by atomic mass is 16.5. The van der Waals surface area contributed by atoms with E-state index in [1.807, 2.05) is 30.3 Å². The van der Waals surface area contributed by atoms with E-state index in [1.54, 1.807) is 0 Å². The van der Waals surface area contributed by atoms with Gasteiger partial charge < -0.3 is 14.9 Å². The van der Waals surface area contributed by atoms with Gasteiger partial charge in [-0.3, -0.25) is 9.69 Å². The Morgan fingerprint density at radius 2 is 2.11 bits per heavy atom. The average Bonchev–Trinajstić information content (AvgIpc) is 3.19. The molecule has 0 radical (unpaired) electrons. The van der Waals surface area contributed by atoms with Gasteiger partial charge in [-0.1, -0.05) is 48.3 Å². The summed E-state index contributed by atoms with van der Waals surface area (Å²) in [6.45, 7) is 1.29. The second kappa shape index (κ2) is 7.40. The molecule has 0 unspecified atom stereocenters. The third kappa shape index (κ3) is 3.37. The number of benzene rings is 1. The van der Waals surface area contributed by atoms with Crippen molar-refractivity contribution in [3.8, 4) is 0 Å². The molecular formula is C20H26N4O3. The monoisotopic (exact) mass is 370 g/mol. The Labute approximate surface area is 158 Å². The summed E-state index contributed by atoms with van der Waals surface area (Å²) in [6.07, 6.45) is 5.06. The molecule has 0 bridgehead atoms. The first-order chi connectivity index (χ1) is 13.1. The molecule has 2 aromatic rings. The van der Waals surface area contributed by atoms with Crippen molar-refractivity contribution in [1.82, 2.24) is 20.4 Å². The molecular weight excluding hydrogens is 344 g/mol. The van der Waals surface area contributed by atoms with E-state index < -0.39 is 5.60 Å². The normalized spacial score (nSPS) is 28.5. The number of nitrogens with one attached hydrogen (secondary N) is 1. The zero-order chi connectivity index (χ0) is 18.9. The largest absolute Gasteiger partial charge is 0.385 e. The maximum absolute atomic E-state index is 11.6. The van der Waals surface area contributed by atoms with Crippen LogP contribution in [0.5, 0.6) is 0 Å². The van der Waals surface area contributed by atoms with Crippen LogP contribution < -0.4 is 5.32 Å². The van der Waals surface area contributed by atoms with E-state index in [2.05, 4.69) is 20.4 Å². The summed E-state index contributed by atoms with van der Waals surface area (Å²) >= 11 is 0. The Balaban J connectivity index is 1.55. The van der Waals surface area contributed by atoms with Crippen LogP contribution in [0.4, 0.5) is 0 Å². The van der Waals surface area contributed by atoms with Crippen molar-refractivity contribution in [3.63, 3.8) is 0 Å². The third-order valence-corrected chi connectivity index (χ3v) is 6.10. The van der Waals surface area contributed by atoms with Crippen LogP contribution in [-0.4, -0.2) is 45.7 Å². The van der Waals surface area contributed by atoms with E-state index >= 15 is 0 Å². The number of aliphatic hydroxyl groups is 1. The molecule has 3 atom stereocenters. The molecule has 1 saturated carbocycles. The fourth-order valence-electron chi connectivity index (χ4n) is 4.75. The SMILES string of the molecule is CNC(=O)c1nc(CN2CC[C@@](O)(c3ccccc3)[C@H]3CCCC[C@@H]32)no1. The van der Waals surface area contributed by atoms with Crippen LogP contribution in [0.3, 0.4) is 0 Å². The van der Waals surface area contributed by atoms with Gasteiger partial charge in [0, 0.05) is 25.6 Å². The number of nitrogens with zero attached hydrogens (tertiary/aromatic N) is 3. The summed E-state index contributed by atoms with van der Waals surface area (Å²) in [7, 11) is 1.54. The second-order valence-electron chi connectivity index (χ2n) is 7.56. The Morgan fingerprint density at radius 1 is 1.33 bits per heavy atom. The molecule has 2 aliphatic rings. The van der Waals surface area contributed by atoms with Gasteiger partial charge >= 0.3 is 11.8 Å². The first-order valence-corrected chi connectivity index (χ1v) is 9.68. The molecule has 27 heavy (non-hydrogen) atoms. The number of carbonyl (C=O) groups excluding carboxylic acids is 1. The first-order valence-electron chi connectivity index (χ1n) is 9.68. The van der Waals surface area contributed by atoms with Crippen molar-refractivity contribution in [3.05, 3.63) is 47.6 Å². The lowest BCUT2D eigenvalue weighted by molar-refractivity contribution is -0.123. The molecule has 1 aliphatic carbocycles. The van der Waals surface area contributed by atoms with Crippen LogP contribution in [-0.2, 0) is 12.1 Å². The predicted octanol–water partition coefficient (Wildman–Crippen LogP) is 2.08. The second-order valence-corrected chi connectivity index (χ2v) is 7.56. The molecule has 2 heterocycles. The zero-order valence-electron chi connectivity index (χ0n) is 15.6. The third-order valence-electron chi connectivity index (χ3n) is 6.10. The van der Waals surface area contributed by atoms with E-state index in [0.717, 1.165) is 37.8 Å². The van der Waals surface area contributed by atoms with Crippen molar-refractivity contribution in [2.24, 2.45) is 5.92 Å². The number of hydrogen-bond acceptors (Lipinski definition) is 6. The van der Waals surface area contributed by atoms with Gasteiger partial charge in [-0.15, -0.1) is 0 Å². The Morgan fingerprint density at radius 3 is 2.89 bits per heavy atom. The number of likely N-dealkylation sites (tertiary alicyclic amines) is 1. The summed E-state index contributed by atoms with van der Waals surface area (Å²) in [5.74, 6) is 0.322. The molecule has 7 heteroatoms. The van der Waals surface area contributed by atoms with Crippen molar-refractivity contribution >= 4 is 5.91 Å². The number of hydrogen-bond donors (Lipinski definition) is 2. The molecule has 1 aliphatic heterocycles. The highest BCUT2D eigenvalue weighted by Crippen LogP contribution is 2.47. The van der Waals surface area contributed by atoms with Gasteiger partial charge in [0.25, 0.3) is 0 Å². The van der Waals surface area contributed by atoms with Gasteiger partial charge in [-0.05, 0) is 24.8 Å². The Kier molecular flexibility index (Phi) is 4.97. The molecule has 7 nitrogen and oxygen atoms in total. The summed E-state index contributed by atoms with van der Waals surface area (Å²) in [4.78, 5) is 18.2. The van der Waals surface area contributed by atoms with E-state index in [4.69, 9.17) is 4.52 Å². The molecule has 1 amide bonds. The average molecular weight is 370 g/mol. The minimum absolute atomic E-state index is 0.00880. The van der Waals surface area contributed by atoms with Gasteiger partial charge in [0.2, 0.25) is 0 Å². The maximum atomic E-state index is 11.6. The summed E-state index contributed by atoms with van der Waals surface area (Å²) in [6, 6.07) is 10.3. The molecule has 144 valence electrons. The smallest absolute Gasteiger partial charge is 0.315 e. The molecule has 0 spiro atoms. The van der Waals surface area contributed by atoms with Crippen molar-refractivity contribution in [2.75, 3.05) is 13.6 Å². The number of aromatic nitrogens is 2. The van der Waals surface area contributed by atoms with Crippen LogP contribution in [0.1, 0.15) is 54.2 Å². The van der Waals surface area contributed by atoms with Gasteiger partial charge in [0.1, 0.15) is 0 Å². The van der Waals surface area contributed by atoms with Crippen molar-refractivity contribution in [1.29, 1.82) is 0 Å². The van der Waals surface area contributed by atoms with Crippen LogP contribution in [0, 0.1) is 5.92 Å². The first kappa shape index (κ1) is 18.1. The van der Waals surface area contributed by atoms with Crippen molar-refractivity contribution in [2.45, 2.75) is 50.3 Å². The fourth-order valence-corrected chi connectivity index (χ4v) is 4.75. The van der Waals surface area contributed by atoms with E-state index in [0.29, 0.717) is 18.8 Å². The van der Waals surface area contributed by atoms with Crippen LogP contribution in [0.2, 0.25) is 0 Å². The zero-order valence-corrected chi connectivity index (χ0v) is 15.6. The number of fused-ring (bicyclic) bond motifs is 1. The van der Waals surface area contributed by atoms with Gasteiger partial charge in [0.15, 0.2) is 5.82 Å². The quantitative estimate of drug-likeness (QED) is 0.856. The van der Waals surface area contributed by atoms with Crippen molar-refractivity contribution < 1.29 is 14.4 Å². The minimum Gasteiger partial charge on any atom is -0.385 e. The predicted molar refractivity (Wildman–Crippen MR) is 98.8 cm³/mol. The van der Waals surface area contributed by atoms with Crippen LogP contribution in [0.25, 0.3) is 0 Å². The van der Waals surface area contributed by atoms with Gasteiger partial charge in [0.05, 0.1) is 12.1 Å². The Hall–Kier alpha value is -2.25. The van der Waals surface area contributed by atoms with Crippen LogP contribution in [0.15, 0.2) is 34.9 Å². The number of carbonyl (C=O) groups is 1. The van der Waals surface area contributed by atoms with E-state index in [1.165, 1.54) is 7.05 Å². The number of amides is 1.